The van der Waals surface area contributed by atoms with Gasteiger partial charge in [-0.15, -0.1) is 0 Å². The zero-order chi connectivity index (χ0) is 17.4. The van der Waals surface area contributed by atoms with Gasteiger partial charge in [-0.2, -0.15) is 0 Å². The van der Waals surface area contributed by atoms with E-state index in [0.717, 1.165) is 35.5 Å². The van der Waals surface area contributed by atoms with E-state index < -0.39 is 0 Å². The van der Waals surface area contributed by atoms with E-state index in [0.29, 0.717) is 6.04 Å². The van der Waals surface area contributed by atoms with Gasteiger partial charge in [-0.1, -0.05) is 42.8 Å². The van der Waals surface area contributed by atoms with Gasteiger partial charge < -0.3 is 15.4 Å². The molecule has 4 nitrogen and oxygen atoms in total. The molecule has 2 aromatic carbocycles. The third-order valence-electron chi connectivity index (χ3n) is 3.92. The van der Waals surface area contributed by atoms with Crippen LogP contribution in [-0.2, 0) is 11.3 Å². The molecule has 2 aromatic rings. The molecule has 1 amide bonds. The molecule has 128 valence electrons. The van der Waals surface area contributed by atoms with E-state index in [1.807, 2.05) is 55.5 Å². The fourth-order valence-corrected chi connectivity index (χ4v) is 2.20. The van der Waals surface area contributed by atoms with Gasteiger partial charge in [0.1, 0.15) is 5.75 Å². The van der Waals surface area contributed by atoms with Crippen LogP contribution < -0.4 is 15.4 Å². The molecule has 0 heterocycles. The number of hydrogen-bond donors (Lipinski definition) is 2. The number of carbonyl (C=O) groups is 1. The van der Waals surface area contributed by atoms with Crippen molar-refractivity contribution in [2.24, 2.45) is 0 Å². The van der Waals surface area contributed by atoms with Crippen LogP contribution in [0.4, 0.5) is 5.69 Å². The lowest BCUT2D eigenvalue weighted by atomic mass is 10.2. The highest BCUT2D eigenvalue weighted by molar-refractivity contribution is 5.91. The predicted octanol–water partition coefficient (Wildman–Crippen LogP) is 3.90. The summed E-state index contributed by atoms with van der Waals surface area (Å²) in [7, 11) is 0. The molecule has 0 spiro atoms. The second-order valence-corrected chi connectivity index (χ2v) is 6.00. The van der Waals surface area contributed by atoms with Gasteiger partial charge in [-0.25, -0.2) is 0 Å². The fourth-order valence-electron chi connectivity index (χ4n) is 2.20. The van der Waals surface area contributed by atoms with Gasteiger partial charge in [0.15, 0.2) is 6.61 Å². The number of amides is 1. The zero-order valence-electron chi connectivity index (χ0n) is 14.6. The van der Waals surface area contributed by atoms with Crippen molar-refractivity contribution in [3.63, 3.8) is 0 Å². The highest BCUT2D eigenvalue weighted by Crippen LogP contribution is 2.18. The van der Waals surface area contributed by atoms with Gasteiger partial charge >= 0.3 is 0 Å². The van der Waals surface area contributed by atoms with Crippen LogP contribution in [0.3, 0.4) is 0 Å². The number of para-hydroxylation sites is 1. The maximum absolute atomic E-state index is 12.0. The second kappa shape index (κ2) is 9.08. The lowest BCUT2D eigenvalue weighted by molar-refractivity contribution is -0.118. The van der Waals surface area contributed by atoms with Crippen LogP contribution in [0.2, 0.25) is 0 Å². The van der Waals surface area contributed by atoms with E-state index in [1.165, 1.54) is 0 Å². The lowest BCUT2D eigenvalue weighted by Gasteiger charge is -2.15. The van der Waals surface area contributed by atoms with Crippen molar-refractivity contribution in [3.8, 4) is 5.75 Å². The Balaban J connectivity index is 1.89. The van der Waals surface area contributed by atoms with Crippen molar-refractivity contribution in [2.45, 2.75) is 39.8 Å². The maximum atomic E-state index is 12.0. The Morgan fingerprint density at radius 2 is 1.83 bits per heavy atom. The number of nitrogens with one attached hydrogen (secondary N) is 2. The third-order valence-corrected chi connectivity index (χ3v) is 3.92. The van der Waals surface area contributed by atoms with Crippen LogP contribution in [0.15, 0.2) is 48.5 Å². The largest absolute Gasteiger partial charge is 0.483 e. The molecule has 0 saturated carbocycles. The first-order valence-corrected chi connectivity index (χ1v) is 8.39. The quantitative estimate of drug-likeness (QED) is 0.773. The standard InChI is InChI=1S/C20H26N2O2/c1-4-16(3)21-13-17-7-5-6-8-19(17)24-14-20(23)22-18-11-9-15(2)10-12-18/h5-12,16,21H,4,13-14H2,1-3H3,(H,22,23). The Kier molecular flexibility index (Phi) is 6.82. The van der Waals surface area contributed by atoms with Gasteiger partial charge in [0, 0.05) is 23.8 Å². The molecule has 0 radical (unpaired) electrons. The minimum absolute atomic E-state index is 0.00573. The number of hydrogen-bond acceptors (Lipinski definition) is 3. The Bertz CT molecular complexity index is 653. The first kappa shape index (κ1) is 18.0. The van der Waals surface area contributed by atoms with E-state index in [-0.39, 0.29) is 12.5 Å². The van der Waals surface area contributed by atoms with Gasteiger partial charge in [0.2, 0.25) is 0 Å². The van der Waals surface area contributed by atoms with Crippen LogP contribution in [0, 0.1) is 6.92 Å². The molecule has 0 bridgehead atoms. The summed E-state index contributed by atoms with van der Waals surface area (Å²) in [5, 5.41) is 6.28. The molecule has 0 aromatic heterocycles. The van der Waals surface area contributed by atoms with Crippen molar-refractivity contribution < 1.29 is 9.53 Å². The van der Waals surface area contributed by atoms with Gasteiger partial charge in [0.25, 0.3) is 5.91 Å². The molecule has 0 aliphatic rings. The number of ether oxygens (including phenoxy) is 1. The number of aryl methyl sites for hydroxylation is 1. The van der Waals surface area contributed by atoms with Crippen LogP contribution in [-0.4, -0.2) is 18.6 Å². The molecule has 0 fully saturated rings. The van der Waals surface area contributed by atoms with E-state index in [2.05, 4.69) is 24.5 Å². The molecule has 0 aliphatic carbocycles. The van der Waals surface area contributed by atoms with Crippen LogP contribution in [0.1, 0.15) is 31.4 Å². The molecule has 1 unspecified atom stereocenters. The minimum Gasteiger partial charge on any atom is -0.483 e. The molecule has 1 atom stereocenters. The fraction of sp³-hybridized carbons (Fsp3) is 0.350. The molecular weight excluding hydrogens is 300 g/mol. The normalized spacial score (nSPS) is 11.8. The smallest absolute Gasteiger partial charge is 0.262 e. The summed E-state index contributed by atoms with van der Waals surface area (Å²) in [5.41, 5.74) is 2.99. The topological polar surface area (TPSA) is 50.4 Å². The summed E-state index contributed by atoms with van der Waals surface area (Å²) in [6.45, 7) is 7.03. The van der Waals surface area contributed by atoms with E-state index in [4.69, 9.17) is 4.74 Å². The minimum atomic E-state index is -0.163. The Morgan fingerprint density at radius 1 is 1.12 bits per heavy atom. The van der Waals surface area contributed by atoms with Crippen molar-refractivity contribution in [2.75, 3.05) is 11.9 Å². The monoisotopic (exact) mass is 326 g/mol. The summed E-state index contributed by atoms with van der Waals surface area (Å²) >= 11 is 0. The van der Waals surface area contributed by atoms with Crippen LogP contribution >= 0.6 is 0 Å². The molecule has 2 N–H and O–H groups in total. The first-order valence-electron chi connectivity index (χ1n) is 8.39. The highest BCUT2D eigenvalue weighted by Gasteiger charge is 2.08. The van der Waals surface area contributed by atoms with Crippen LogP contribution in [0.25, 0.3) is 0 Å². The summed E-state index contributed by atoms with van der Waals surface area (Å²) < 4.78 is 5.71. The average Bonchev–Trinajstić information content (AvgIpc) is 2.60. The number of carbonyl (C=O) groups excluding carboxylic acids is 1. The highest BCUT2D eigenvalue weighted by atomic mass is 16.5. The van der Waals surface area contributed by atoms with Crippen LogP contribution in [0.5, 0.6) is 5.75 Å². The maximum Gasteiger partial charge on any atom is 0.262 e. The summed E-state index contributed by atoms with van der Waals surface area (Å²) in [4.78, 5) is 12.0. The first-order chi connectivity index (χ1) is 11.6. The number of benzene rings is 2. The molecule has 0 aliphatic heterocycles. The lowest BCUT2D eigenvalue weighted by Crippen LogP contribution is -2.25. The average molecular weight is 326 g/mol. The molecule has 4 heteroatoms. The molecule has 2 rings (SSSR count). The van der Waals surface area contributed by atoms with Crippen molar-refractivity contribution in [1.82, 2.24) is 5.32 Å². The summed E-state index contributed by atoms with van der Waals surface area (Å²) in [6.07, 6.45) is 1.07. The van der Waals surface area contributed by atoms with Gasteiger partial charge in [0.05, 0.1) is 0 Å². The summed E-state index contributed by atoms with van der Waals surface area (Å²) in [5.74, 6) is 0.580. The van der Waals surface area contributed by atoms with E-state index in [9.17, 15) is 4.79 Å². The van der Waals surface area contributed by atoms with Crippen molar-refractivity contribution in [1.29, 1.82) is 0 Å². The van der Waals surface area contributed by atoms with Crippen molar-refractivity contribution in [3.05, 3.63) is 59.7 Å². The number of rotatable bonds is 8. The second-order valence-electron chi connectivity index (χ2n) is 6.00. The van der Waals surface area contributed by atoms with E-state index in [1.54, 1.807) is 0 Å². The molecule has 24 heavy (non-hydrogen) atoms. The SMILES string of the molecule is CCC(C)NCc1ccccc1OCC(=O)Nc1ccc(C)cc1. The van der Waals surface area contributed by atoms with Gasteiger partial charge in [-0.3, -0.25) is 4.79 Å². The van der Waals surface area contributed by atoms with Gasteiger partial charge in [-0.05, 0) is 38.5 Å². The third kappa shape index (κ3) is 5.70. The molecular formula is C20H26N2O2. The van der Waals surface area contributed by atoms with E-state index >= 15 is 0 Å². The predicted molar refractivity (Wildman–Crippen MR) is 98.3 cm³/mol. The Labute approximate surface area is 144 Å². The Morgan fingerprint density at radius 3 is 2.54 bits per heavy atom. The molecule has 0 saturated heterocycles. The van der Waals surface area contributed by atoms with Crippen molar-refractivity contribution >= 4 is 11.6 Å². The summed E-state index contributed by atoms with van der Waals surface area (Å²) in [6, 6.07) is 16.0. The Hall–Kier alpha value is -2.33. The number of anilines is 1. The zero-order valence-corrected chi connectivity index (χ0v) is 14.6.